The number of hydrogen-bond donors (Lipinski definition) is 8. The fourth-order valence-electron chi connectivity index (χ4n) is 9.18. The van der Waals surface area contributed by atoms with Crippen molar-refractivity contribution in [2.24, 2.45) is 0 Å². The lowest BCUT2D eigenvalue weighted by atomic mass is 9.68. The predicted molar refractivity (Wildman–Crippen MR) is 207 cm³/mol. The van der Waals surface area contributed by atoms with Crippen LogP contribution in [-0.2, 0) is 20.4 Å². The molecule has 10 rings (SSSR count). The molecule has 0 saturated heterocycles. The first-order chi connectivity index (χ1) is 28.8. The van der Waals surface area contributed by atoms with Crippen molar-refractivity contribution in [3.63, 3.8) is 0 Å². The van der Waals surface area contributed by atoms with Crippen LogP contribution < -0.4 is 23.7 Å². The van der Waals surface area contributed by atoms with E-state index in [1.165, 1.54) is 98.1 Å². The number of carbonyl (C=O) groups excluding carboxylic acids is 2. The second kappa shape index (κ2) is 12.4. The third-order valence-corrected chi connectivity index (χ3v) is 11.4. The van der Waals surface area contributed by atoms with Crippen LogP contribution in [0.25, 0.3) is 12.2 Å². The first-order valence-electron chi connectivity index (χ1n) is 18.3. The highest BCUT2D eigenvalue weighted by molar-refractivity contribution is 6.03. The molecule has 15 heteroatoms. The number of rotatable bonds is 5. The second-order valence-electron chi connectivity index (χ2n) is 14.7. The molecule has 0 bridgehead atoms. The van der Waals surface area contributed by atoms with E-state index >= 15 is 0 Å². The number of hydrogen-bond acceptors (Lipinski definition) is 15. The quantitative estimate of drug-likeness (QED) is 0.0550. The Morgan fingerprint density at radius 3 is 1.47 bits per heavy atom. The number of aromatic hydroxyl groups is 8. The molecule has 4 aliphatic heterocycles. The maximum Gasteiger partial charge on any atom is 0.331 e. The minimum atomic E-state index is -2.04. The van der Waals surface area contributed by atoms with Crippen LogP contribution in [0, 0.1) is 0 Å². The molecule has 4 heterocycles. The Kier molecular flexibility index (Phi) is 7.47. The number of phenols is 8. The zero-order valence-corrected chi connectivity index (χ0v) is 30.9. The first-order valence-corrected chi connectivity index (χ1v) is 18.3. The van der Waals surface area contributed by atoms with E-state index in [9.17, 15) is 50.4 Å². The lowest BCUT2D eigenvalue weighted by Crippen LogP contribution is -2.40. The van der Waals surface area contributed by atoms with Gasteiger partial charge in [-0.1, -0.05) is 36.4 Å². The Bertz CT molecular complexity index is 2900. The van der Waals surface area contributed by atoms with Crippen molar-refractivity contribution < 1.29 is 74.1 Å². The van der Waals surface area contributed by atoms with Crippen molar-refractivity contribution >= 4 is 24.1 Å². The number of benzene rings is 6. The van der Waals surface area contributed by atoms with Gasteiger partial charge in [0.15, 0.2) is 22.3 Å². The molecule has 0 radical (unpaired) electrons. The normalized spacial score (nSPS) is 21.6. The van der Waals surface area contributed by atoms with E-state index < -0.39 is 52.2 Å². The van der Waals surface area contributed by atoms with Crippen molar-refractivity contribution in [2.75, 3.05) is 7.11 Å². The lowest BCUT2D eigenvalue weighted by molar-refractivity contribution is -0.139. The molecule has 0 fully saturated rings. The molecule has 0 saturated carbocycles. The molecule has 4 aliphatic rings. The molecule has 0 amide bonds. The first kappa shape index (κ1) is 36.2. The van der Waals surface area contributed by atoms with Gasteiger partial charge in [0.1, 0.15) is 69.7 Å². The van der Waals surface area contributed by atoms with E-state index in [4.69, 9.17) is 23.7 Å². The third kappa shape index (κ3) is 4.70. The Morgan fingerprint density at radius 1 is 0.500 bits per heavy atom. The van der Waals surface area contributed by atoms with Crippen LogP contribution in [0.2, 0.25) is 0 Å². The summed E-state index contributed by atoms with van der Waals surface area (Å²) in [5.74, 6) is -5.17. The fraction of sp³-hybridized carbons (Fsp3) is 0.111. The number of phenolic OH excluding ortho intramolecular Hbond substituents is 8. The number of fused-ring (bicyclic) bond motifs is 8. The molecule has 6 aromatic carbocycles. The fourth-order valence-corrected chi connectivity index (χ4v) is 9.18. The maximum atomic E-state index is 14.6. The molecule has 2 spiro atoms. The second-order valence-corrected chi connectivity index (χ2v) is 14.7. The van der Waals surface area contributed by atoms with Crippen LogP contribution in [0.5, 0.6) is 74.7 Å². The number of ether oxygens (including phenoxy) is 5. The SMILES string of the molecule is COc1c(O)cc(/C=C\c2cc(O)cc3c2[C@]2(C(=O)O3)c3c(O)cc(O)cc3O[C@@H]2c2ccc(O)cc2)c2c1OC(=O)[C@@]21c2c(O)cc(O)cc2O[C@@H]1c1ccc(O)cc1. The molecule has 0 aliphatic carbocycles. The van der Waals surface area contributed by atoms with Crippen molar-refractivity contribution in [3.8, 4) is 74.7 Å². The summed E-state index contributed by atoms with van der Waals surface area (Å²) in [4.78, 5) is 29.1. The van der Waals surface area contributed by atoms with Gasteiger partial charge in [-0.2, -0.15) is 0 Å². The molecule has 6 aromatic rings. The van der Waals surface area contributed by atoms with Crippen LogP contribution >= 0.6 is 0 Å². The third-order valence-electron chi connectivity index (χ3n) is 11.4. The van der Waals surface area contributed by atoms with Crippen LogP contribution in [0.1, 0.15) is 56.7 Å². The van der Waals surface area contributed by atoms with Gasteiger partial charge in [-0.3, -0.25) is 9.59 Å². The van der Waals surface area contributed by atoms with Gasteiger partial charge in [-0.25, -0.2) is 0 Å². The summed E-state index contributed by atoms with van der Waals surface area (Å²) in [6, 6.07) is 20.0. The average Bonchev–Trinajstić information content (AvgIpc) is 3.90. The van der Waals surface area contributed by atoms with Gasteiger partial charge in [0.25, 0.3) is 0 Å². The van der Waals surface area contributed by atoms with Gasteiger partial charge in [0.05, 0.1) is 18.2 Å². The minimum Gasteiger partial charge on any atom is -0.508 e. The molecular weight excluding hydrogens is 780 g/mol. The molecule has 0 unspecified atom stereocenters. The highest BCUT2D eigenvalue weighted by Gasteiger charge is 2.67. The zero-order valence-electron chi connectivity index (χ0n) is 30.9. The van der Waals surface area contributed by atoms with Crippen molar-refractivity contribution in [1.29, 1.82) is 0 Å². The summed E-state index contributed by atoms with van der Waals surface area (Å²) < 4.78 is 30.0. The van der Waals surface area contributed by atoms with E-state index in [2.05, 4.69) is 0 Å². The Labute approximate surface area is 338 Å². The standard InChI is InChI=1S/C45H30O15/c1-56-38-30(53)13-22(35-39(38)60-43(55)45(35)37-29(52)15-27(50)18-33(37)58-41(45)20-6-10-24(47)11-7-20)3-2-21-12-25(48)16-31-34(21)44(42(54)59-31)36-28(51)14-26(49)17-32(36)57-40(44)19-4-8-23(46)9-5-19/h2-18,40-41,46-53H,1H3/b3-2-/t40-,41-,44+,45-/m1/s1. The number of carbonyl (C=O) groups is 2. The van der Waals surface area contributed by atoms with Crippen molar-refractivity contribution in [1.82, 2.24) is 0 Å². The van der Waals surface area contributed by atoms with Crippen LogP contribution in [0.4, 0.5) is 0 Å². The van der Waals surface area contributed by atoms with Gasteiger partial charge in [-0.15, -0.1) is 0 Å². The number of esters is 2. The molecule has 15 nitrogen and oxygen atoms in total. The van der Waals surface area contributed by atoms with Crippen molar-refractivity contribution in [3.05, 3.63) is 136 Å². The maximum absolute atomic E-state index is 14.6. The molecule has 4 atom stereocenters. The van der Waals surface area contributed by atoms with E-state index in [1.54, 1.807) is 0 Å². The van der Waals surface area contributed by atoms with Crippen LogP contribution in [0.15, 0.2) is 91.0 Å². The van der Waals surface area contributed by atoms with Gasteiger partial charge < -0.3 is 64.5 Å². The molecule has 0 aromatic heterocycles. The molecule has 8 N–H and O–H groups in total. The zero-order chi connectivity index (χ0) is 42.0. The van der Waals surface area contributed by atoms with Crippen molar-refractivity contribution in [2.45, 2.75) is 23.0 Å². The number of methoxy groups -OCH3 is 1. The monoisotopic (exact) mass is 810 g/mol. The molecule has 300 valence electrons. The smallest absolute Gasteiger partial charge is 0.331 e. The van der Waals surface area contributed by atoms with E-state index in [1.807, 2.05) is 0 Å². The summed E-state index contributed by atoms with van der Waals surface area (Å²) in [5, 5.41) is 86.5. The highest BCUT2D eigenvalue weighted by Crippen LogP contribution is 2.67. The van der Waals surface area contributed by atoms with E-state index in [-0.39, 0.29) is 90.9 Å². The van der Waals surface area contributed by atoms with Gasteiger partial charge in [0, 0.05) is 41.5 Å². The highest BCUT2D eigenvalue weighted by atomic mass is 16.6. The van der Waals surface area contributed by atoms with Gasteiger partial charge >= 0.3 is 11.9 Å². The van der Waals surface area contributed by atoms with Crippen LogP contribution in [0.3, 0.4) is 0 Å². The topological polar surface area (TPSA) is 242 Å². The van der Waals surface area contributed by atoms with E-state index in [0.717, 1.165) is 12.1 Å². The Hall–Kier alpha value is -8.20. The van der Waals surface area contributed by atoms with E-state index in [0.29, 0.717) is 11.1 Å². The summed E-state index contributed by atoms with van der Waals surface area (Å²) in [6.45, 7) is 0. The summed E-state index contributed by atoms with van der Waals surface area (Å²) in [6.07, 6.45) is 0.367. The molecule has 60 heavy (non-hydrogen) atoms. The summed E-state index contributed by atoms with van der Waals surface area (Å²) in [7, 11) is 1.25. The predicted octanol–water partition coefficient (Wildman–Crippen LogP) is 6.19. The Morgan fingerprint density at radius 2 is 0.950 bits per heavy atom. The summed E-state index contributed by atoms with van der Waals surface area (Å²) >= 11 is 0. The van der Waals surface area contributed by atoms with Crippen LogP contribution in [-0.4, -0.2) is 59.9 Å². The lowest BCUT2D eigenvalue weighted by Gasteiger charge is -2.29. The van der Waals surface area contributed by atoms with Gasteiger partial charge in [-0.05, 0) is 58.7 Å². The van der Waals surface area contributed by atoms with Gasteiger partial charge in [0.2, 0.25) is 5.75 Å². The molecular formula is C45H30O15. The minimum absolute atomic E-state index is 0.0418. The largest absolute Gasteiger partial charge is 0.508 e. The average molecular weight is 811 g/mol. The summed E-state index contributed by atoms with van der Waals surface area (Å²) in [5.41, 5.74) is -3.00. The Balaban J connectivity index is 1.23.